The van der Waals surface area contributed by atoms with Crippen LogP contribution in [0.5, 0.6) is 5.75 Å². The molecule has 3 aromatic rings. The number of hydrogen-bond donors (Lipinski definition) is 1. The number of aryl methyl sites for hydroxylation is 1. The van der Waals surface area contributed by atoms with Gasteiger partial charge in [-0.3, -0.25) is 4.79 Å². The zero-order valence-corrected chi connectivity index (χ0v) is 13.9. The fourth-order valence-electron chi connectivity index (χ4n) is 2.55. The molecule has 0 fully saturated rings. The summed E-state index contributed by atoms with van der Waals surface area (Å²) in [5, 5.41) is 6.36. The van der Waals surface area contributed by atoms with E-state index in [-0.39, 0.29) is 18.0 Å². The van der Waals surface area contributed by atoms with Crippen LogP contribution in [0.4, 0.5) is 13.2 Å². The Bertz CT molecular complexity index is 941. The molecule has 0 spiro atoms. The fourth-order valence-corrected chi connectivity index (χ4v) is 2.55. The first-order valence-electron chi connectivity index (χ1n) is 7.87. The molecular weight excluding hydrogens is 347 g/mol. The molecule has 136 valence electrons. The third kappa shape index (κ3) is 3.79. The molecule has 5 nitrogen and oxygen atoms in total. The molecule has 3 rings (SSSR count). The molecular formula is C18H16F3N3O2. The molecule has 1 N–H and O–H groups in total. The fraction of sp³-hybridized carbons (Fsp3) is 0.222. The summed E-state index contributed by atoms with van der Waals surface area (Å²) >= 11 is 0. The molecule has 0 bridgehead atoms. The Hall–Kier alpha value is -3.03. The number of aromatic nitrogens is 2. The van der Waals surface area contributed by atoms with Crippen molar-refractivity contribution < 1.29 is 22.7 Å². The van der Waals surface area contributed by atoms with Gasteiger partial charge in [0.25, 0.3) is 12.3 Å². The summed E-state index contributed by atoms with van der Waals surface area (Å²) in [4.78, 5) is 12.2. The van der Waals surface area contributed by atoms with Gasteiger partial charge in [-0.25, -0.2) is 17.7 Å². The molecule has 0 atom stereocenters. The number of halogens is 3. The number of carbonyl (C=O) groups excluding carboxylic acids is 1. The van der Waals surface area contributed by atoms with Crippen LogP contribution in [-0.2, 0) is 6.61 Å². The van der Waals surface area contributed by atoms with Gasteiger partial charge < -0.3 is 10.1 Å². The van der Waals surface area contributed by atoms with Crippen LogP contribution >= 0.6 is 0 Å². The van der Waals surface area contributed by atoms with Gasteiger partial charge in [0.2, 0.25) is 0 Å². The van der Waals surface area contributed by atoms with Crippen LogP contribution in [0, 0.1) is 12.7 Å². The summed E-state index contributed by atoms with van der Waals surface area (Å²) in [7, 11) is 0. The number of alkyl halides is 2. The maximum absolute atomic E-state index is 13.7. The molecule has 0 aliphatic carbocycles. The predicted molar refractivity (Wildman–Crippen MR) is 89.0 cm³/mol. The van der Waals surface area contributed by atoms with Gasteiger partial charge in [0.1, 0.15) is 18.2 Å². The van der Waals surface area contributed by atoms with Gasteiger partial charge in [0.15, 0.2) is 0 Å². The Morgan fingerprint density at radius 2 is 2.08 bits per heavy atom. The summed E-state index contributed by atoms with van der Waals surface area (Å²) in [6, 6.07) is 9.44. The molecule has 8 heteroatoms. The van der Waals surface area contributed by atoms with Crippen LogP contribution in [0.1, 0.15) is 21.6 Å². The molecule has 1 aromatic carbocycles. The first-order valence-corrected chi connectivity index (χ1v) is 7.87. The van der Waals surface area contributed by atoms with Gasteiger partial charge in [-0.2, -0.15) is 5.10 Å². The minimum Gasteiger partial charge on any atom is -0.489 e. The van der Waals surface area contributed by atoms with Gasteiger partial charge in [-0.15, -0.1) is 0 Å². The highest BCUT2D eigenvalue weighted by Crippen LogP contribution is 2.22. The van der Waals surface area contributed by atoms with Crippen molar-refractivity contribution in [1.29, 1.82) is 0 Å². The average molecular weight is 363 g/mol. The molecule has 0 saturated carbocycles. The van der Waals surface area contributed by atoms with Gasteiger partial charge >= 0.3 is 0 Å². The number of carbonyl (C=O) groups is 1. The number of benzene rings is 1. The van der Waals surface area contributed by atoms with E-state index in [9.17, 15) is 18.0 Å². The first kappa shape index (κ1) is 17.8. The van der Waals surface area contributed by atoms with Crippen molar-refractivity contribution in [3.8, 4) is 5.75 Å². The van der Waals surface area contributed by atoms with E-state index in [1.165, 1.54) is 10.6 Å². The third-order valence-corrected chi connectivity index (χ3v) is 3.78. The van der Waals surface area contributed by atoms with E-state index in [2.05, 4.69) is 10.4 Å². The lowest BCUT2D eigenvalue weighted by Crippen LogP contribution is -2.28. The summed E-state index contributed by atoms with van der Waals surface area (Å²) in [5.41, 5.74) is 1.41. The number of ether oxygens (including phenoxy) is 1. The second kappa shape index (κ2) is 7.47. The Morgan fingerprint density at radius 1 is 1.31 bits per heavy atom. The van der Waals surface area contributed by atoms with E-state index >= 15 is 0 Å². The highest BCUT2D eigenvalue weighted by Gasteiger charge is 2.18. The van der Waals surface area contributed by atoms with Crippen molar-refractivity contribution in [2.75, 3.05) is 6.54 Å². The topological polar surface area (TPSA) is 55.6 Å². The highest BCUT2D eigenvalue weighted by molar-refractivity contribution is 6.02. The van der Waals surface area contributed by atoms with E-state index in [0.717, 1.165) is 0 Å². The van der Waals surface area contributed by atoms with E-state index in [4.69, 9.17) is 4.74 Å². The van der Waals surface area contributed by atoms with E-state index < -0.39 is 18.9 Å². The minimum absolute atomic E-state index is 0.0167. The SMILES string of the molecule is Cc1nn2ccc(OCc3ccccc3F)cc2c1C(=O)NCC(F)F. The number of amides is 1. The van der Waals surface area contributed by atoms with Crippen molar-refractivity contribution in [2.45, 2.75) is 20.0 Å². The normalized spacial score (nSPS) is 11.1. The van der Waals surface area contributed by atoms with E-state index in [1.807, 2.05) is 0 Å². The van der Waals surface area contributed by atoms with Gasteiger partial charge in [0.05, 0.1) is 23.3 Å². The monoisotopic (exact) mass is 363 g/mol. The molecule has 0 aliphatic rings. The lowest BCUT2D eigenvalue weighted by Gasteiger charge is -2.08. The maximum atomic E-state index is 13.7. The van der Waals surface area contributed by atoms with Crippen LogP contribution in [0.25, 0.3) is 5.52 Å². The lowest BCUT2D eigenvalue weighted by atomic mass is 10.2. The van der Waals surface area contributed by atoms with Crippen LogP contribution in [0.15, 0.2) is 42.6 Å². The number of fused-ring (bicyclic) bond motifs is 1. The molecule has 0 unspecified atom stereocenters. The zero-order valence-electron chi connectivity index (χ0n) is 13.9. The van der Waals surface area contributed by atoms with Crippen molar-refractivity contribution in [1.82, 2.24) is 14.9 Å². The van der Waals surface area contributed by atoms with Crippen LogP contribution in [0.3, 0.4) is 0 Å². The van der Waals surface area contributed by atoms with Crippen molar-refractivity contribution in [3.63, 3.8) is 0 Å². The summed E-state index contributed by atoms with van der Waals surface area (Å²) in [6.07, 6.45) is -1.05. The second-order valence-electron chi connectivity index (χ2n) is 5.63. The molecule has 1 amide bonds. The molecule has 2 aromatic heterocycles. The van der Waals surface area contributed by atoms with Gasteiger partial charge in [-0.05, 0) is 19.1 Å². The number of rotatable bonds is 6. The Kier molecular flexibility index (Phi) is 5.11. The molecule has 0 radical (unpaired) electrons. The number of pyridine rings is 1. The molecule has 0 saturated heterocycles. The van der Waals surface area contributed by atoms with Crippen LogP contribution in [0.2, 0.25) is 0 Å². The quantitative estimate of drug-likeness (QED) is 0.731. The minimum atomic E-state index is -2.64. The Balaban J connectivity index is 1.84. The van der Waals surface area contributed by atoms with Crippen LogP contribution < -0.4 is 10.1 Å². The van der Waals surface area contributed by atoms with Gasteiger partial charge in [0, 0.05) is 17.8 Å². The largest absolute Gasteiger partial charge is 0.489 e. The standard InChI is InChI=1S/C18H16F3N3O2/c1-11-17(18(25)22-9-16(20)21)15-8-13(6-7-24(15)23-11)26-10-12-4-2-3-5-14(12)19/h2-8,16H,9-10H2,1H3,(H,22,25). The molecule has 2 heterocycles. The lowest BCUT2D eigenvalue weighted by molar-refractivity contribution is 0.0892. The second-order valence-corrected chi connectivity index (χ2v) is 5.63. The maximum Gasteiger partial charge on any atom is 0.255 e. The van der Waals surface area contributed by atoms with Crippen molar-refractivity contribution >= 4 is 11.4 Å². The Labute approximate surface area is 147 Å². The summed E-state index contributed by atoms with van der Waals surface area (Å²) < 4.78 is 45.4. The van der Waals surface area contributed by atoms with E-state index in [0.29, 0.717) is 22.5 Å². The molecule has 26 heavy (non-hydrogen) atoms. The van der Waals surface area contributed by atoms with E-state index in [1.54, 1.807) is 43.5 Å². The number of hydrogen-bond acceptors (Lipinski definition) is 3. The summed E-state index contributed by atoms with van der Waals surface area (Å²) in [6.45, 7) is 0.895. The van der Waals surface area contributed by atoms with Crippen molar-refractivity contribution in [3.05, 3.63) is 65.2 Å². The van der Waals surface area contributed by atoms with Crippen LogP contribution in [-0.4, -0.2) is 28.5 Å². The first-order chi connectivity index (χ1) is 12.5. The highest BCUT2D eigenvalue weighted by atomic mass is 19.3. The third-order valence-electron chi connectivity index (χ3n) is 3.78. The van der Waals surface area contributed by atoms with Crippen molar-refractivity contribution in [2.24, 2.45) is 0 Å². The smallest absolute Gasteiger partial charge is 0.255 e. The number of nitrogens with one attached hydrogen (secondary N) is 1. The Morgan fingerprint density at radius 3 is 2.81 bits per heavy atom. The zero-order chi connectivity index (χ0) is 18.7. The van der Waals surface area contributed by atoms with Gasteiger partial charge in [-0.1, -0.05) is 18.2 Å². The average Bonchev–Trinajstić information content (AvgIpc) is 2.94. The number of nitrogens with zero attached hydrogens (tertiary/aromatic N) is 2. The summed E-state index contributed by atoms with van der Waals surface area (Å²) in [5.74, 6) is -0.603. The molecule has 0 aliphatic heterocycles. The predicted octanol–water partition coefficient (Wildman–Crippen LogP) is 3.36.